The summed E-state index contributed by atoms with van der Waals surface area (Å²) in [7, 11) is 1.76. The van der Waals surface area contributed by atoms with Crippen LogP contribution in [0.3, 0.4) is 0 Å². The molecular weight excluding hydrogens is 305 g/mol. The lowest BCUT2D eigenvalue weighted by Crippen LogP contribution is -2.35. The second-order valence-corrected chi connectivity index (χ2v) is 7.04. The molecule has 2 rings (SSSR count). The topological polar surface area (TPSA) is 54.3 Å². The maximum absolute atomic E-state index is 13.7. The van der Waals surface area contributed by atoms with Gasteiger partial charge in [-0.05, 0) is 38.4 Å². The van der Waals surface area contributed by atoms with Crippen molar-refractivity contribution in [2.75, 3.05) is 20.6 Å². The number of aromatic nitrogens is 1. The van der Waals surface area contributed by atoms with E-state index in [-0.39, 0.29) is 17.5 Å². The first-order chi connectivity index (χ1) is 10.3. The van der Waals surface area contributed by atoms with Gasteiger partial charge in [-0.3, -0.25) is 4.90 Å². The molecule has 1 aromatic carbocycles. The van der Waals surface area contributed by atoms with E-state index in [1.54, 1.807) is 0 Å². The van der Waals surface area contributed by atoms with Gasteiger partial charge in [0.05, 0.1) is 6.04 Å². The van der Waals surface area contributed by atoms with Gasteiger partial charge in [0.1, 0.15) is 10.7 Å². The number of rotatable bonds is 6. The Morgan fingerprint density at radius 2 is 1.91 bits per heavy atom. The fourth-order valence-electron chi connectivity index (χ4n) is 2.30. The van der Waals surface area contributed by atoms with Gasteiger partial charge in [0, 0.05) is 25.5 Å². The molecule has 120 valence electrons. The number of hydrogen-bond donors (Lipinski definition) is 1. The zero-order valence-corrected chi connectivity index (χ0v) is 13.6. The van der Waals surface area contributed by atoms with Crippen molar-refractivity contribution in [3.8, 4) is 0 Å². The molecule has 22 heavy (non-hydrogen) atoms. The predicted molar refractivity (Wildman–Crippen MR) is 83.4 cm³/mol. The molecule has 0 saturated heterocycles. The number of halogens is 1. The van der Waals surface area contributed by atoms with Gasteiger partial charge in [-0.25, -0.2) is 17.5 Å². The van der Waals surface area contributed by atoms with E-state index in [4.69, 9.17) is 0 Å². The quantitative estimate of drug-likeness (QED) is 0.880. The summed E-state index contributed by atoms with van der Waals surface area (Å²) in [6.45, 7) is 0.154. The smallest absolute Gasteiger partial charge is 0.243 e. The van der Waals surface area contributed by atoms with Crippen LogP contribution in [0.15, 0.2) is 47.5 Å². The molecule has 0 amide bonds. The first-order valence-corrected chi connectivity index (χ1v) is 8.33. The summed E-state index contributed by atoms with van der Waals surface area (Å²) < 4.78 is 42.6. The molecule has 1 atom stereocenters. The molecule has 0 radical (unpaired) electrons. The highest BCUT2D eigenvalue weighted by Gasteiger charge is 2.23. The van der Waals surface area contributed by atoms with Gasteiger partial charge >= 0.3 is 0 Å². The van der Waals surface area contributed by atoms with E-state index in [1.165, 1.54) is 18.2 Å². The number of nitrogens with one attached hydrogen (secondary N) is 1. The van der Waals surface area contributed by atoms with E-state index in [2.05, 4.69) is 4.72 Å². The largest absolute Gasteiger partial charge is 0.353 e. The zero-order valence-electron chi connectivity index (χ0n) is 12.8. The summed E-state index contributed by atoms with van der Waals surface area (Å²) in [4.78, 5) is 1.58. The van der Waals surface area contributed by atoms with Crippen molar-refractivity contribution >= 4 is 10.0 Å². The Morgan fingerprint density at radius 3 is 2.45 bits per heavy atom. The molecule has 0 aliphatic heterocycles. The lowest BCUT2D eigenvalue weighted by Gasteiger charge is -2.25. The Kier molecular flexibility index (Phi) is 5.00. The summed E-state index contributed by atoms with van der Waals surface area (Å²) in [6, 6.07) is 9.03. The maximum atomic E-state index is 13.7. The van der Waals surface area contributed by atoms with Gasteiger partial charge in [-0.2, -0.15) is 0 Å². The fourth-order valence-corrected chi connectivity index (χ4v) is 3.42. The lowest BCUT2D eigenvalue weighted by molar-refractivity contribution is 0.289. The van der Waals surface area contributed by atoms with Gasteiger partial charge in [0.25, 0.3) is 0 Å². The molecule has 1 N–H and O–H groups in total. The summed E-state index contributed by atoms with van der Waals surface area (Å²) in [5, 5.41) is 0. The van der Waals surface area contributed by atoms with Crippen LogP contribution in [0.4, 0.5) is 4.39 Å². The van der Waals surface area contributed by atoms with Gasteiger partial charge in [-0.1, -0.05) is 12.1 Å². The Morgan fingerprint density at radius 1 is 1.23 bits per heavy atom. The van der Waals surface area contributed by atoms with E-state index in [0.717, 1.165) is 11.8 Å². The molecule has 7 heteroatoms. The van der Waals surface area contributed by atoms with Crippen molar-refractivity contribution in [3.05, 3.63) is 54.1 Å². The monoisotopic (exact) mass is 325 g/mol. The molecule has 1 unspecified atom stereocenters. The Labute approximate surface area is 130 Å². The first-order valence-electron chi connectivity index (χ1n) is 6.85. The average Bonchev–Trinajstić information content (AvgIpc) is 2.85. The standard InChI is InChI=1S/C15H20FN3O2S/c1-18(2)14(13-8-6-10-19(13)3)11-17-22(20,21)15-9-5-4-7-12(15)16/h4-10,14,17H,11H2,1-3H3. The van der Waals surface area contributed by atoms with Crippen molar-refractivity contribution < 1.29 is 12.8 Å². The van der Waals surface area contributed by atoms with Crippen molar-refractivity contribution in [2.24, 2.45) is 7.05 Å². The van der Waals surface area contributed by atoms with Gasteiger partial charge < -0.3 is 4.57 Å². The summed E-state index contributed by atoms with van der Waals surface area (Å²) >= 11 is 0. The normalized spacial score (nSPS) is 13.5. The summed E-state index contributed by atoms with van der Waals surface area (Å²) in [5.41, 5.74) is 0.973. The molecule has 1 aromatic heterocycles. The lowest BCUT2D eigenvalue weighted by atomic mass is 10.2. The van der Waals surface area contributed by atoms with E-state index in [1.807, 2.05) is 48.9 Å². The molecule has 2 aromatic rings. The van der Waals surface area contributed by atoms with Crippen LogP contribution in [0.2, 0.25) is 0 Å². The van der Waals surface area contributed by atoms with Crippen LogP contribution in [0, 0.1) is 5.82 Å². The maximum Gasteiger partial charge on any atom is 0.243 e. The minimum Gasteiger partial charge on any atom is -0.353 e. The highest BCUT2D eigenvalue weighted by atomic mass is 32.2. The van der Waals surface area contributed by atoms with Crippen molar-refractivity contribution in [1.82, 2.24) is 14.2 Å². The van der Waals surface area contributed by atoms with Crippen LogP contribution in [-0.2, 0) is 17.1 Å². The minimum absolute atomic E-state index is 0.151. The van der Waals surface area contributed by atoms with Crippen LogP contribution >= 0.6 is 0 Å². The molecule has 0 fully saturated rings. The molecule has 5 nitrogen and oxygen atoms in total. The second-order valence-electron chi connectivity index (χ2n) is 5.31. The van der Waals surface area contributed by atoms with Crippen LogP contribution in [0.5, 0.6) is 0 Å². The number of hydrogen-bond acceptors (Lipinski definition) is 3. The Bertz CT molecular complexity index is 741. The van der Waals surface area contributed by atoms with Crippen molar-refractivity contribution in [1.29, 1.82) is 0 Å². The molecule has 0 bridgehead atoms. The highest BCUT2D eigenvalue weighted by molar-refractivity contribution is 7.89. The number of nitrogens with zero attached hydrogens (tertiary/aromatic N) is 2. The third kappa shape index (κ3) is 3.55. The minimum atomic E-state index is -3.88. The highest BCUT2D eigenvalue weighted by Crippen LogP contribution is 2.19. The van der Waals surface area contributed by atoms with E-state index in [0.29, 0.717) is 0 Å². The SMILES string of the molecule is CN(C)C(CNS(=O)(=O)c1ccccc1F)c1cccn1C. The molecule has 0 aliphatic rings. The van der Waals surface area contributed by atoms with Crippen LogP contribution in [0.25, 0.3) is 0 Å². The predicted octanol–water partition coefficient (Wildman–Crippen LogP) is 1.75. The number of benzene rings is 1. The van der Waals surface area contributed by atoms with Crippen LogP contribution < -0.4 is 4.72 Å². The van der Waals surface area contributed by atoms with E-state index < -0.39 is 15.8 Å². The fraction of sp³-hybridized carbons (Fsp3) is 0.333. The van der Waals surface area contributed by atoms with Crippen LogP contribution in [-0.4, -0.2) is 38.5 Å². The van der Waals surface area contributed by atoms with Crippen molar-refractivity contribution in [3.63, 3.8) is 0 Å². The second kappa shape index (κ2) is 6.60. The van der Waals surface area contributed by atoms with Crippen LogP contribution in [0.1, 0.15) is 11.7 Å². The zero-order chi connectivity index (χ0) is 16.3. The Balaban J connectivity index is 2.20. The molecule has 0 aliphatic carbocycles. The third-order valence-corrected chi connectivity index (χ3v) is 5.00. The molecule has 0 saturated carbocycles. The molecule has 0 spiro atoms. The van der Waals surface area contributed by atoms with Crippen molar-refractivity contribution in [2.45, 2.75) is 10.9 Å². The first kappa shape index (κ1) is 16.7. The summed E-state index contributed by atoms with van der Waals surface area (Å²) in [5.74, 6) is -0.754. The molecule has 1 heterocycles. The summed E-state index contributed by atoms with van der Waals surface area (Å²) in [6.07, 6.45) is 1.90. The van der Waals surface area contributed by atoms with Gasteiger partial charge in [-0.15, -0.1) is 0 Å². The molecular formula is C15H20FN3O2S. The number of sulfonamides is 1. The van der Waals surface area contributed by atoms with Gasteiger partial charge in [0.2, 0.25) is 10.0 Å². The van der Waals surface area contributed by atoms with E-state index >= 15 is 0 Å². The number of likely N-dealkylation sites (N-methyl/N-ethyl adjacent to an activating group) is 1. The average molecular weight is 325 g/mol. The number of aryl methyl sites for hydroxylation is 1. The van der Waals surface area contributed by atoms with E-state index in [9.17, 15) is 12.8 Å². The third-order valence-electron chi connectivity index (χ3n) is 3.54. The Hall–Kier alpha value is -1.70. The van der Waals surface area contributed by atoms with Gasteiger partial charge in [0.15, 0.2) is 0 Å².